The number of benzene rings is 2. The van der Waals surface area contributed by atoms with Crippen LogP contribution in [0.1, 0.15) is 28.8 Å². The molecular weight excluding hydrogens is 384 g/mol. The molecule has 2 aromatic carbocycles. The number of nitrogens with zero attached hydrogens (tertiary/aromatic N) is 2. The van der Waals surface area contributed by atoms with Gasteiger partial charge in [0.2, 0.25) is 5.78 Å². The van der Waals surface area contributed by atoms with Crippen molar-refractivity contribution in [2.75, 3.05) is 13.7 Å². The third kappa shape index (κ3) is 4.78. The molecule has 0 radical (unpaired) electrons. The number of hydrogen-bond acceptors (Lipinski definition) is 6. The van der Waals surface area contributed by atoms with Crippen molar-refractivity contribution in [3.63, 3.8) is 0 Å². The number of ketones is 1. The Kier molecular flexibility index (Phi) is 6.71. The van der Waals surface area contributed by atoms with Crippen molar-refractivity contribution >= 4 is 22.7 Å². The highest BCUT2D eigenvalue weighted by Gasteiger charge is 2.17. The van der Waals surface area contributed by atoms with Gasteiger partial charge in [0.15, 0.2) is 18.1 Å². The summed E-state index contributed by atoms with van der Waals surface area (Å²) in [7, 11) is 1.46. The number of methoxy groups -OCH3 is 1. The average Bonchev–Trinajstić information content (AvgIpc) is 3.13. The van der Waals surface area contributed by atoms with Crippen LogP contribution in [0.25, 0.3) is 10.9 Å². The van der Waals surface area contributed by atoms with Gasteiger partial charge < -0.3 is 19.1 Å². The third-order valence-corrected chi connectivity index (χ3v) is 4.78. The van der Waals surface area contributed by atoms with E-state index < -0.39 is 5.97 Å². The van der Waals surface area contributed by atoms with Gasteiger partial charge in [-0.1, -0.05) is 24.3 Å². The van der Waals surface area contributed by atoms with E-state index in [-0.39, 0.29) is 24.6 Å². The van der Waals surface area contributed by atoms with Crippen LogP contribution >= 0.6 is 0 Å². The molecule has 0 unspecified atom stereocenters. The number of ether oxygens (including phenoxy) is 2. The Morgan fingerprint density at radius 1 is 1.20 bits per heavy atom. The maximum Gasteiger partial charge on any atom is 0.306 e. The van der Waals surface area contributed by atoms with E-state index in [1.54, 1.807) is 18.3 Å². The van der Waals surface area contributed by atoms with Crippen LogP contribution in [0.4, 0.5) is 0 Å². The number of esters is 1. The van der Waals surface area contributed by atoms with Gasteiger partial charge in [-0.15, -0.1) is 0 Å². The molecule has 0 bridgehead atoms. The van der Waals surface area contributed by atoms with Crippen molar-refractivity contribution in [2.45, 2.75) is 25.8 Å². The second-order valence-corrected chi connectivity index (χ2v) is 6.75. The number of carbonyl (C=O) groups is 2. The number of phenolic OH excluding ortho intramolecular Hbond substituents is 1. The van der Waals surface area contributed by atoms with Crippen molar-refractivity contribution in [3.8, 4) is 17.6 Å². The van der Waals surface area contributed by atoms with Crippen LogP contribution in [0.2, 0.25) is 0 Å². The highest BCUT2D eigenvalue weighted by atomic mass is 16.5. The van der Waals surface area contributed by atoms with E-state index in [0.29, 0.717) is 30.7 Å². The lowest BCUT2D eigenvalue weighted by molar-refractivity contribution is -0.142. The first-order valence-electron chi connectivity index (χ1n) is 9.53. The molecule has 0 saturated heterocycles. The zero-order valence-electron chi connectivity index (χ0n) is 16.6. The molecule has 0 aliphatic heterocycles. The van der Waals surface area contributed by atoms with Crippen LogP contribution in [0.3, 0.4) is 0 Å². The number of para-hydroxylation sites is 1. The van der Waals surface area contributed by atoms with Gasteiger partial charge in [0.25, 0.3) is 0 Å². The van der Waals surface area contributed by atoms with Gasteiger partial charge in [0.1, 0.15) is 0 Å². The molecule has 7 nitrogen and oxygen atoms in total. The number of aromatic nitrogens is 1. The van der Waals surface area contributed by atoms with Gasteiger partial charge in [0.05, 0.1) is 19.6 Å². The van der Waals surface area contributed by atoms with Crippen LogP contribution in [0, 0.1) is 11.3 Å². The van der Waals surface area contributed by atoms with Crippen LogP contribution in [-0.2, 0) is 22.5 Å². The zero-order valence-corrected chi connectivity index (χ0v) is 16.6. The summed E-state index contributed by atoms with van der Waals surface area (Å²) in [6, 6.07) is 14.5. The number of rotatable bonds is 9. The minimum atomic E-state index is -0.494. The molecule has 3 rings (SSSR count). The summed E-state index contributed by atoms with van der Waals surface area (Å²) >= 11 is 0. The fourth-order valence-corrected chi connectivity index (χ4v) is 3.26. The van der Waals surface area contributed by atoms with Gasteiger partial charge >= 0.3 is 5.97 Å². The molecule has 0 aliphatic rings. The summed E-state index contributed by atoms with van der Waals surface area (Å²) in [5.74, 6) is -0.420. The third-order valence-electron chi connectivity index (χ3n) is 4.78. The SMILES string of the molecule is COc1ccc(CCC(=O)OCC(=O)c2cn(CCC#N)c3ccccc23)cc1O. The standard InChI is InChI=1S/C23H22N2O5/c1-29-22-9-7-16(13-20(22)26)8-10-23(28)30-15-21(27)18-14-25(12-4-11-24)19-6-3-2-5-17(18)19/h2-3,5-7,9,13-14,26H,4,8,10,12,15H2,1H3. The van der Waals surface area contributed by atoms with Crippen molar-refractivity contribution in [1.29, 1.82) is 5.26 Å². The molecular formula is C23H22N2O5. The Labute approximate surface area is 174 Å². The van der Waals surface area contributed by atoms with Crippen molar-refractivity contribution in [2.24, 2.45) is 0 Å². The van der Waals surface area contributed by atoms with E-state index in [2.05, 4.69) is 6.07 Å². The number of aromatic hydroxyl groups is 1. The minimum absolute atomic E-state index is 0.00586. The van der Waals surface area contributed by atoms with E-state index in [1.165, 1.54) is 13.2 Å². The molecule has 0 spiro atoms. The number of hydrogen-bond donors (Lipinski definition) is 1. The molecule has 0 aliphatic carbocycles. The van der Waals surface area contributed by atoms with E-state index in [0.717, 1.165) is 16.5 Å². The second kappa shape index (κ2) is 9.61. The average molecular weight is 406 g/mol. The largest absolute Gasteiger partial charge is 0.504 e. The summed E-state index contributed by atoms with van der Waals surface area (Å²) in [6.07, 6.45) is 2.50. The maximum atomic E-state index is 12.6. The Morgan fingerprint density at radius 2 is 2.00 bits per heavy atom. The molecule has 7 heteroatoms. The van der Waals surface area contributed by atoms with E-state index in [1.807, 2.05) is 28.8 Å². The van der Waals surface area contributed by atoms with Gasteiger partial charge in [-0.25, -0.2) is 0 Å². The number of phenols is 1. The Morgan fingerprint density at radius 3 is 2.73 bits per heavy atom. The Balaban J connectivity index is 1.59. The highest BCUT2D eigenvalue weighted by molar-refractivity contribution is 6.09. The fourth-order valence-electron chi connectivity index (χ4n) is 3.26. The normalized spacial score (nSPS) is 10.5. The summed E-state index contributed by atoms with van der Waals surface area (Å²) in [5.41, 5.74) is 2.09. The molecule has 154 valence electrons. The van der Waals surface area contributed by atoms with Gasteiger partial charge in [-0.05, 0) is 30.2 Å². The molecule has 1 aromatic heterocycles. The van der Waals surface area contributed by atoms with Gasteiger partial charge in [0, 0.05) is 35.6 Å². The first-order chi connectivity index (χ1) is 14.5. The topological polar surface area (TPSA) is 102 Å². The number of Topliss-reactive ketones (excluding diaryl/α,β-unsaturated/α-hetero) is 1. The van der Waals surface area contributed by atoms with Crippen molar-refractivity contribution < 1.29 is 24.2 Å². The fraction of sp³-hybridized carbons (Fsp3) is 0.261. The summed E-state index contributed by atoms with van der Waals surface area (Å²) in [4.78, 5) is 24.7. The van der Waals surface area contributed by atoms with Gasteiger partial charge in [-0.2, -0.15) is 5.26 Å². The Bertz CT molecular complexity index is 1110. The predicted octanol–water partition coefficient (Wildman–Crippen LogP) is 3.63. The molecule has 1 N–H and O–H groups in total. The molecule has 30 heavy (non-hydrogen) atoms. The summed E-state index contributed by atoms with van der Waals surface area (Å²) < 4.78 is 12.0. The molecule has 0 saturated carbocycles. The van der Waals surface area contributed by atoms with Crippen LogP contribution in [0.15, 0.2) is 48.7 Å². The predicted molar refractivity (Wildman–Crippen MR) is 110 cm³/mol. The quantitative estimate of drug-likeness (QED) is 0.430. The first kappa shape index (κ1) is 20.9. The zero-order chi connectivity index (χ0) is 21.5. The molecule has 0 fully saturated rings. The maximum absolute atomic E-state index is 12.6. The number of carbonyl (C=O) groups excluding carboxylic acids is 2. The molecule has 1 heterocycles. The lowest BCUT2D eigenvalue weighted by Gasteiger charge is -2.07. The van der Waals surface area contributed by atoms with Crippen molar-refractivity contribution in [1.82, 2.24) is 4.57 Å². The van der Waals surface area contributed by atoms with Crippen LogP contribution < -0.4 is 4.74 Å². The van der Waals surface area contributed by atoms with Crippen molar-refractivity contribution in [3.05, 3.63) is 59.8 Å². The lowest BCUT2D eigenvalue weighted by Crippen LogP contribution is -2.14. The number of aryl methyl sites for hydroxylation is 2. The van der Waals surface area contributed by atoms with E-state index >= 15 is 0 Å². The first-order valence-corrected chi connectivity index (χ1v) is 9.53. The van der Waals surface area contributed by atoms with Crippen LogP contribution in [0.5, 0.6) is 11.5 Å². The van der Waals surface area contributed by atoms with Gasteiger partial charge in [-0.3, -0.25) is 9.59 Å². The lowest BCUT2D eigenvalue weighted by atomic mass is 10.1. The number of nitriles is 1. The highest BCUT2D eigenvalue weighted by Crippen LogP contribution is 2.27. The molecule has 0 atom stereocenters. The van der Waals surface area contributed by atoms with E-state index in [9.17, 15) is 14.7 Å². The molecule has 0 amide bonds. The summed E-state index contributed by atoms with van der Waals surface area (Å²) in [6.45, 7) is 0.137. The minimum Gasteiger partial charge on any atom is -0.504 e. The Hall–Kier alpha value is -3.79. The smallest absolute Gasteiger partial charge is 0.306 e. The second-order valence-electron chi connectivity index (χ2n) is 6.75. The summed E-state index contributed by atoms with van der Waals surface area (Å²) in [5, 5.41) is 19.4. The van der Waals surface area contributed by atoms with E-state index in [4.69, 9.17) is 14.7 Å². The molecule has 3 aromatic rings. The monoisotopic (exact) mass is 406 g/mol. The number of fused-ring (bicyclic) bond motifs is 1. The van der Waals surface area contributed by atoms with Crippen LogP contribution in [-0.4, -0.2) is 35.1 Å².